The zero-order chi connectivity index (χ0) is 29.8. The lowest BCUT2D eigenvalue weighted by Crippen LogP contribution is -2.67. The van der Waals surface area contributed by atoms with Gasteiger partial charge in [0.15, 0.2) is 5.78 Å². The molecule has 224 valence electrons. The van der Waals surface area contributed by atoms with Crippen LogP contribution < -0.4 is 5.32 Å². The smallest absolute Gasteiger partial charge is 0.253 e. The van der Waals surface area contributed by atoms with Crippen LogP contribution in [-0.4, -0.2) is 33.4 Å². The highest BCUT2D eigenvalue weighted by molar-refractivity contribution is 6.03. The molecular formula is C36H52N2O3. The van der Waals surface area contributed by atoms with Gasteiger partial charge < -0.3 is 10.4 Å². The summed E-state index contributed by atoms with van der Waals surface area (Å²) in [7, 11) is 0. The van der Waals surface area contributed by atoms with E-state index in [2.05, 4.69) is 58.8 Å². The van der Waals surface area contributed by atoms with E-state index in [1.54, 1.807) is 6.20 Å². The van der Waals surface area contributed by atoms with E-state index in [9.17, 15) is 14.7 Å². The number of aliphatic hydroxyl groups excluding tert-OH is 1. The second-order valence-electron chi connectivity index (χ2n) is 16.3. The molecule has 5 aliphatic rings. The van der Waals surface area contributed by atoms with Crippen molar-refractivity contribution in [2.24, 2.45) is 45.3 Å². The molecule has 0 aromatic carbocycles. The number of nitrogens with one attached hydrogen (secondary N) is 1. The Kier molecular flexibility index (Phi) is 6.56. The van der Waals surface area contributed by atoms with E-state index >= 15 is 0 Å². The molecule has 0 unspecified atom stereocenters. The fourth-order valence-corrected chi connectivity index (χ4v) is 11.6. The lowest BCUT2D eigenvalue weighted by atomic mass is 9.33. The van der Waals surface area contributed by atoms with Gasteiger partial charge in [-0.1, -0.05) is 48.5 Å². The van der Waals surface area contributed by atoms with Crippen molar-refractivity contribution < 1.29 is 14.7 Å². The molecule has 0 radical (unpaired) electrons. The van der Waals surface area contributed by atoms with Crippen LogP contribution in [0.4, 0.5) is 0 Å². The molecular weight excluding hydrogens is 508 g/mol. The van der Waals surface area contributed by atoms with Gasteiger partial charge in [0.25, 0.3) is 5.91 Å². The monoisotopic (exact) mass is 560 g/mol. The number of fused-ring (bicyclic) bond motifs is 7. The van der Waals surface area contributed by atoms with E-state index in [4.69, 9.17) is 0 Å². The van der Waals surface area contributed by atoms with Crippen molar-refractivity contribution in [2.75, 3.05) is 0 Å². The molecule has 4 fully saturated rings. The summed E-state index contributed by atoms with van der Waals surface area (Å²) in [5.74, 6) is 1.67. The molecule has 5 heteroatoms. The number of ketones is 1. The molecule has 0 bridgehead atoms. The van der Waals surface area contributed by atoms with Gasteiger partial charge in [0.2, 0.25) is 0 Å². The van der Waals surface area contributed by atoms with Gasteiger partial charge in [-0.3, -0.25) is 14.6 Å². The second kappa shape index (κ2) is 9.24. The summed E-state index contributed by atoms with van der Waals surface area (Å²) >= 11 is 0. The first kappa shape index (κ1) is 29.1. The molecule has 0 saturated heterocycles. The van der Waals surface area contributed by atoms with Crippen LogP contribution in [0.1, 0.15) is 122 Å². The van der Waals surface area contributed by atoms with Gasteiger partial charge >= 0.3 is 0 Å². The average molecular weight is 561 g/mol. The molecule has 5 aliphatic carbocycles. The van der Waals surface area contributed by atoms with Crippen molar-refractivity contribution in [1.29, 1.82) is 0 Å². The van der Waals surface area contributed by atoms with Crippen LogP contribution in [0.15, 0.2) is 29.5 Å². The Morgan fingerprint density at radius 2 is 1.68 bits per heavy atom. The molecule has 0 aliphatic heterocycles. The van der Waals surface area contributed by atoms with Gasteiger partial charge in [-0.05, 0) is 127 Å². The molecule has 5 nitrogen and oxygen atoms in total. The van der Waals surface area contributed by atoms with Gasteiger partial charge in [0.05, 0.1) is 17.2 Å². The first-order valence-corrected chi connectivity index (χ1v) is 16.3. The normalized spacial score (nSPS) is 43.2. The SMILES string of the molecule is Cc1ccc(C(=O)N[C@@]23CC[C@]4(C)[C@H](CC[C@@H]5[C@@]6(C)CC[C@H](O)C(C)(C)[C@@H]6CC[C@]54C)C2=C(C(C)C)C(=O)C3)cn1. The van der Waals surface area contributed by atoms with Gasteiger partial charge in [-0.25, -0.2) is 0 Å². The highest BCUT2D eigenvalue weighted by atomic mass is 16.3. The van der Waals surface area contributed by atoms with E-state index in [1.165, 1.54) is 12.0 Å². The number of aromatic nitrogens is 1. The van der Waals surface area contributed by atoms with Crippen molar-refractivity contribution in [1.82, 2.24) is 10.3 Å². The fourth-order valence-electron chi connectivity index (χ4n) is 11.6. The minimum absolute atomic E-state index is 0.0594. The number of aliphatic hydroxyl groups is 1. The second-order valence-corrected chi connectivity index (χ2v) is 16.3. The van der Waals surface area contributed by atoms with Gasteiger partial charge in [-0.15, -0.1) is 0 Å². The van der Waals surface area contributed by atoms with Gasteiger partial charge in [0, 0.05) is 18.3 Å². The maximum Gasteiger partial charge on any atom is 0.253 e. The number of nitrogens with zero attached hydrogens (tertiary/aromatic N) is 1. The zero-order valence-corrected chi connectivity index (χ0v) is 26.7. The number of hydrogen-bond donors (Lipinski definition) is 2. The van der Waals surface area contributed by atoms with Crippen LogP contribution in [0.5, 0.6) is 0 Å². The Balaban J connectivity index is 1.40. The molecule has 6 rings (SSSR count). The Labute approximate surface area is 247 Å². The molecule has 1 aromatic rings. The van der Waals surface area contributed by atoms with Crippen LogP contribution in [0, 0.1) is 52.3 Å². The molecule has 1 amide bonds. The number of carbonyl (C=O) groups is 2. The molecule has 8 atom stereocenters. The number of aryl methyl sites for hydroxylation is 1. The Morgan fingerprint density at radius 3 is 2.34 bits per heavy atom. The van der Waals surface area contributed by atoms with E-state index in [1.807, 2.05) is 19.1 Å². The highest BCUT2D eigenvalue weighted by Gasteiger charge is 2.70. The third-order valence-electron chi connectivity index (χ3n) is 13.9. The summed E-state index contributed by atoms with van der Waals surface area (Å²) in [5.41, 5.74) is 3.48. The summed E-state index contributed by atoms with van der Waals surface area (Å²) in [6.45, 7) is 18.5. The Hall–Kier alpha value is -2.01. The van der Waals surface area contributed by atoms with Crippen LogP contribution in [0.2, 0.25) is 0 Å². The fraction of sp³-hybridized carbons (Fsp3) is 0.750. The lowest BCUT2D eigenvalue weighted by molar-refractivity contribution is -0.226. The number of pyridine rings is 1. The van der Waals surface area contributed by atoms with Crippen LogP contribution in [-0.2, 0) is 4.79 Å². The molecule has 2 N–H and O–H groups in total. The Bertz CT molecular complexity index is 1300. The largest absolute Gasteiger partial charge is 0.393 e. The Morgan fingerprint density at radius 1 is 0.951 bits per heavy atom. The summed E-state index contributed by atoms with van der Waals surface area (Å²) < 4.78 is 0. The van der Waals surface area contributed by atoms with Crippen LogP contribution >= 0.6 is 0 Å². The third-order valence-corrected chi connectivity index (χ3v) is 13.9. The molecule has 4 saturated carbocycles. The standard InChI is InChI=1S/C36H52N2O3/c1-21(2)29-25(39)19-36(38-31(41)23-10-9-22(3)37-20-23)18-17-34(7)24(30(29)36)11-12-27-33(6)15-14-28(40)32(4,5)26(33)13-16-35(27,34)8/h9-10,20-21,24,26-28,40H,11-19H2,1-8H3,(H,38,41)/t24-,26+,27-,28+,33+,34-,35-,36-/m1/s1. The number of Topliss-reactive ketones (excluding diaryl/α,β-unsaturated/α-hetero) is 1. The van der Waals surface area contributed by atoms with Gasteiger partial charge in [-0.2, -0.15) is 0 Å². The summed E-state index contributed by atoms with van der Waals surface area (Å²) in [6, 6.07) is 3.73. The number of amides is 1. The van der Waals surface area contributed by atoms with Crippen LogP contribution in [0.3, 0.4) is 0 Å². The molecule has 1 heterocycles. The average Bonchev–Trinajstić information content (AvgIpc) is 3.19. The van der Waals surface area contributed by atoms with E-state index < -0.39 is 5.54 Å². The minimum atomic E-state index is -0.593. The van der Waals surface area contributed by atoms with Crippen LogP contribution in [0.25, 0.3) is 0 Å². The van der Waals surface area contributed by atoms with Crippen molar-refractivity contribution >= 4 is 11.7 Å². The number of carbonyl (C=O) groups excluding carboxylic acids is 2. The molecule has 0 spiro atoms. The van der Waals surface area contributed by atoms with E-state index in [-0.39, 0.29) is 45.4 Å². The summed E-state index contributed by atoms with van der Waals surface area (Å²) in [5, 5.41) is 14.5. The third kappa shape index (κ3) is 3.85. The van der Waals surface area contributed by atoms with Gasteiger partial charge in [0.1, 0.15) is 0 Å². The van der Waals surface area contributed by atoms with Crippen molar-refractivity contribution in [3.63, 3.8) is 0 Å². The highest BCUT2D eigenvalue weighted by Crippen LogP contribution is 2.75. The number of hydrogen-bond acceptors (Lipinski definition) is 4. The van der Waals surface area contributed by atoms with E-state index in [0.717, 1.165) is 56.2 Å². The predicted octanol–water partition coefficient (Wildman–Crippen LogP) is 7.21. The van der Waals surface area contributed by atoms with Crippen molar-refractivity contribution in [3.8, 4) is 0 Å². The quantitative estimate of drug-likeness (QED) is 0.409. The zero-order valence-electron chi connectivity index (χ0n) is 26.7. The van der Waals surface area contributed by atoms with Crippen molar-refractivity contribution in [3.05, 3.63) is 40.7 Å². The number of allylic oxidation sites excluding steroid dienone is 1. The molecule has 41 heavy (non-hydrogen) atoms. The maximum absolute atomic E-state index is 13.8. The molecule has 1 aromatic heterocycles. The number of rotatable bonds is 3. The lowest BCUT2D eigenvalue weighted by Gasteiger charge is -2.72. The first-order chi connectivity index (χ1) is 19.1. The van der Waals surface area contributed by atoms with Crippen molar-refractivity contribution in [2.45, 2.75) is 125 Å². The first-order valence-electron chi connectivity index (χ1n) is 16.3. The minimum Gasteiger partial charge on any atom is -0.393 e. The maximum atomic E-state index is 13.8. The predicted molar refractivity (Wildman–Crippen MR) is 162 cm³/mol. The van der Waals surface area contributed by atoms with E-state index in [0.29, 0.717) is 29.7 Å². The summed E-state index contributed by atoms with van der Waals surface area (Å²) in [6.07, 6.45) is 10.2. The topological polar surface area (TPSA) is 79.3 Å². The summed E-state index contributed by atoms with van der Waals surface area (Å²) in [4.78, 5) is 31.8.